The van der Waals surface area contributed by atoms with Crippen LogP contribution >= 0.6 is 0 Å². The summed E-state index contributed by atoms with van der Waals surface area (Å²) in [5, 5.41) is 8.77. The van der Waals surface area contributed by atoms with Gasteiger partial charge in [-0.05, 0) is 80.2 Å². The molecule has 152 valence electrons. The highest BCUT2D eigenvalue weighted by Crippen LogP contribution is 2.32. The number of hydrogen-bond donors (Lipinski definition) is 0. The van der Waals surface area contributed by atoms with E-state index in [1.54, 1.807) is 12.1 Å². The zero-order valence-electron chi connectivity index (χ0n) is 17.7. The largest absolute Gasteiger partial charge is 0.363 e. The van der Waals surface area contributed by atoms with Gasteiger partial charge in [-0.2, -0.15) is 10.2 Å². The molecule has 0 amide bonds. The molecule has 0 atom stereocenters. The first-order valence-corrected chi connectivity index (χ1v) is 10.1. The predicted molar refractivity (Wildman–Crippen MR) is 121 cm³/mol. The normalized spacial score (nSPS) is 13.3. The summed E-state index contributed by atoms with van der Waals surface area (Å²) in [6.07, 6.45) is 0. The molecule has 1 aliphatic rings. The van der Waals surface area contributed by atoms with Crippen molar-refractivity contribution < 1.29 is 4.79 Å². The van der Waals surface area contributed by atoms with Gasteiger partial charge in [0.25, 0.3) is 0 Å². The van der Waals surface area contributed by atoms with Gasteiger partial charge in [-0.1, -0.05) is 24.3 Å². The number of anilines is 1. The SMILES string of the molecule is Cc1cc(N2Cc3ccccc3C2)ccc1N=Nc1ccc(C(=O)CN(C)C)cc1. The minimum atomic E-state index is 0.0963. The van der Waals surface area contributed by atoms with Crippen LogP contribution in [0, 0.1) is 6.92 Å². The third-order valence-electron chi connectivity index (χ3n) is 5.31. The maximum Gasteiger partial charge on any atom is 0.176 e. The van der Waals surface area contributed by atoms with Crippen molar-refractivity contribution in [3.63, 3.8) is 0 Å². The zero-order valence-corrected chi connectivity index (χ0v) is 17.7. The number of fused-ring (bicyclic) bond motifs is 1. The summed E-state index contributed by atoms with van der Waals surface area (Å²) in [7, 11) is 3.77. The van der Waals surface area contributed by atoms with E-state index >= 15 is 0 Å². The first-order chi connectivity index (χ1) is 14.5. The highest BCUT2D eigenvalue weighted by atomic mass is 16.1. The van der Waals surface area contributed by atoms with Crippen molar-refractivity contribution in [1.82, 2.24) is 4.90 Å². The maximum atomic E-state index is 12.1. The average Bonchev–Trinajstić information content (AvgIpc) is 3.17. The molecule has 1 heterocycles. The molecule has 5 heteroatoms. The lowest BCUT2D eigenvalue weighted by molar-refractivity contribution is 0.0958. The van der Waals surface area contributed by atoms with Gasteiger partial charge in [0, 0.05) is 24.3 Å². The Morgan fingerprint density at radius 1 is 0.933 bits per heavy atom. The van der Waals surface area contributed by atoms with Crippen molar-refractivity contribution in [3.8, 4) is 0 Å². The molecule has 0 N–H and O–H groups in total. The molecule has 0 saturated carbocycles. The quantitative estimate of drug-likeness (QED) is 0.397. The number of benzene rings is 3. The number of nitrogens with zero attached hydrogens (tertiary/aromatic N) is 4. The lowest BCUT2D eigenvalue weighted by Crippen LogP contribution is -2.21. The van der Waals surface area contributed by atoms with E-state index in [1.807, 2.05) is 37.2 Å². The molecule has 0 bridgehead atoms. The lowest BCUT2D eigenvalue weighted by atomic mass is 10.1. The van der Waals surface area contributed by atoms with Crippen molar-refractivity contribution in [2.24, 2.45) is 10.2 Å². The zero-order chi connectivity index (χ0) is 21.1. The molecule has 0 spiro atoms. The molecule has 0 fully saturated rings. The molecular weight excluding hydrogens is 372 g/mol. The first-order valence-electron chi connectivity index (χ1n) is 10.1. The second-order valence-electron chi connectivity index (χ2n) is 8.00. The third-order valence-corrected chi connectivity index (χ3v) is 5.31. The molecule has 0 saturated heterocycles. The Labute approximate surface area is 177 Å². The van der Waals surface area contributed by atoms with Gasteiger partial charge >= 0.3 is 0 Å². The molecule has 4 rings (SSSR count). The van der Waals surface area contributed by atoms with E-state index < -0.39 is 0 Å². The van der Waals surface area contributed by atoms with Crippen molar-refractivity contribution in [2.45, 2.75) is 20.0 Å². The lowest BCUT2D eigenvalue weighted by Gasteiger charge is -2.18. The number of ketones is 1. The van der Waals surface area contributed by atoms with E-state index in [-0.39, 0.29) is 5.78 Å². The van der Waals surface area contributed by atoms with E-state index in [1.165, 1.54) is 16.8 Å². The van der Waals surface area contributed by atoms with Crippen LogP contribution in [-0.4, -0.2) is 31.3 Å². The summed E-state index contributed by atoms with van der Waals surface area (Å²) in [4.78, 5) is 16.3. The van der Waals surface area contributed by atoms with Crippen LogP contribution in [0.4, 0.5) is 17.1 Å². The molecule has 3 aromatic rings. The molecular formula is C25H26N4O. The van der Waals surface area contributed by atoms with Gasteiger partial charge in [-0.15, -0.1) is 0 Å². The van der Waals surface area contributed by atoms with Crippen LogP contribution in [-0.2, 0) is 13.1 Å². The van der Waals surface area contributed by atoms with Crippen LogP contribution in [0.1, 0.15) is 27.0 Å². The topological polar surface area (TPSA) is 48.3 Å². The van der Waals surface area contributed by atoms with Gasteiger partial charge in [-0.25, -0.2) is 0 Å². The number of likely N-dealkylation sites (N-methyl/N-ethyl adjacent to an activating group) is 1. The molecule has 30 heavy (non-hydrogen) atoms. The van der Waals surface area contributed by atoms with E-state index in [2.05, 4.69) is 58.5 Å². The maximum absolute atomic E-state index is 12.1. The van der Waals surface area contributed by atoms with E-state index in [0.29, 0.717) is 12.1 Å². The number of Topliss-reactive ketones (excluding diaryl/α,β-unsaturated/α-hetero) is 1. The van der Waals surface area contributed by atoms with Crippen LogP contribution in [0.2, 0.25) is 0 Å². The van der Waals surface area contributed by atoms with Gasteiger partial charge in [0.1, 0.15) is 0 Å². The fourth-order valence-corrected chi connectivity index (χ4v) is 3.67. The number of hydrogen-bond acceptors (Lipinski definition) is 5. The van der Waals surface area contributed by atoms with Crippen LogP contribution in [0.3, 0.4) is 0 Å². The Morgan fingerprint density at radius 3 is 2.20 bits per heavy atom. The molecule has 0 aliphatic carbocycles. The molecule has 5 nitrogen and oxygen atoms in total. The molecule has 0 unspecified atom stereocenters. The Balaban J connectivity index is 1.44. The highest BCUT2D eigenvalue weighted by molar-refractivity contribution is 5.97. The van der Waals surface area contributed by atoms with Crippen molar-refractivity contribution in [1.29, 1.82) is 0 Å². The van der Waals surface area contributed by atoms with Crippen LogP contribution in [0.15, 0.2) is 77.0 Å². The molecule has 0 aromatic heterocycles. The summed E-state index contributed by atoms with van der Waals surface area (Å²) in [6.45, 7) is 4.34. The van der Waals surface area contributed by atoms with Crippen molar-refractivity contribution in [3.05, 3.63) is 89.0 Å². The fraction of sp³-hybridized carbons (Fsp3) is 0.240. The average molecular weight is 399 g/mol. The Bertz CT molecular complexity index is 1060. The number of azo groups is 1. The van der Waals surface area contributed by atoms with Gasteiger partial charge in [0.2, 0.25) is 0 Å². The Hall–Kier alpha value is -3.31. The summed E-state index contributed by atoms with van der Waals surface area (Å²) >= 11 is 0. The van der Waals surface area contributed by atoms with E-state index in [0.717, 1.165) is 30.0 Å². The summed E-state index contributed by atoms with van der Waals surface area (Å²) in [5.41, 5.74) is 7.35. The third kappa shape index (κ3) is 4.47. The van der Waals surface area contributed by atoms with Crippen molar-refractivity contribution >= 4 is 22.8 Å². The van der Waals surface area contributed by atoms with Crippen LogP contribution in [0.25, 0.3) is 0 Å². The minimum absolute atomic E-state index is 0.0963. The second kappa shape index (κ2) is 8.59. The fourth-order valence-electron chi connectivity index (χ4n) is 3.67. The Morgan fingerprint density at radius 2 is 1.60 bits per heavy atom. The van der Waals surface area contributed by atoms with Gasteiger partial charge in [0.05, 0.1) is 17.9 Å². The number of carbonyl (C=O) groups is 1. The summed E-state index contributed by atoms with van der Waals surface area (Å²) < 4.78 is 0. The standard InChI is InChI=1S/C25H26N4O/c1-18-14-23(29-15-20-6-4-5-7-21(20)16-29)12-13-24(18)27-26-22-10-8-19(9-11-22)25(30)17-28(2)3/h4-14H,15-17H2,1-3H3. The van der Waals surface area contributed by atoms with Crippen molar-refractivity contribution in [2.75, 3.05) is 25.5 Å². The molecule has 3 aromatic carbocycles. The monoisotopic (exact) mass is 398 g/mol. The molecule has 1 aliphatic heterocycles. The number of aryl methyl sites for hydroxylation is 1. The number of carbonyl (C=O) groups excluding carboxylic acids is 1. The summed E-state index contributed by atoms with van der Waals surface area (Å²) in [6, 6.07) is 22.2. The van der Waals surface area contributed by atoms with Gasteiger partial charge in [-0.3, -0.25) is 4.79 Å². The van der Waals surface area contributed by atoms with E-state index in [4.69, 9.17) is 0 Å². The number of rotatable bonds is 6. The second-order valence-corrected chi connectivity index (χ2v) is 8.00. The van der Waals surface area contributed by atoms with E-state index in [9.17, 15) is 4.79 Å². The van der Waals surface area contributed by atoms with Gasteiger partial charge < -0.3 is 9.80 Å². The van der Waals surface area contributed by atoms with Crippen LogP contribution < -0.4 is 4.90 Å². The van der Waals surface area contributed by atoms with Crippen LogP contribution in [0.5, 0.6) is 0 Å². The molecule has 0 radical (unpaired) electrons. The first kappa shape index (κ1) is 20.0. The highest BCUT2D eigenvalue weighted by Gasteiger charge is 2.18. The van der Waals surface area contributed by atoms with Gasteiger partial charge in [0.15, 0.2) is 5.78 Å². The minimum Gasteiger partial charge on any atom is -0.363 e. The summed E-state index contributed by atoms with van der Waals surface area (Å²) in [5.74, 6) is 0.0963. The smallest absolute Gasteiger partial charge is 0.176 e. The Kier molecular flexibility index (Phi) is 5.72. The predicted octanol–water partition coefficient (Wildman–Crippen LogP) is 5.67.